The number of nitrogens with one attached hydrogen (secondary N) is 2. The van der Waals surface area contributed by atoms with Crippen LogP contribution in [-0.4, -0.2) is 30.9 Å². The molecule has 0 saturated heterocycles. The van der Waals surface area contributed by atoms with Crippen molar-refractivity contribution in [3.63, 3.8) is 0 Å². The van der Waals surface area contributed by atoms with Crippen molar-refractivity contribution < 1.29 is 18.0 Å². The van der Waals surface area contributed by atoms with Gasteiger partial charge in [0, 0.05) is 23.2 Å². The SMILES string of the molecule is O=C(NC1CCC(CNC2=NCC=C2c2ccc(Cl)cc2)CC1)c1cc(C(F)(F)F)ccc1Cl. The van der Waals surface area contributed by atoms with Crippen LogP contribution in [0.15, 0.2) is 53.5 Å². The Labute approximate surface area is 206 Å². The van der Waals surface area contributed by atoms with E-state index in [1.165, 1.54) is 0 Å². The second-order valence-electron chi connectivity index (χ2n) is 8.58. The van der Waals surface area contributed by atoms with Gasteiger partial charge in [-0.05, 0) is 67.5 Å². The number of nitrogens with zero attached hydrogens (tertiary/aromatic N) is 1. The van der Waals surface area contributed by atoms with Crippen molar-refractivity contribution in [3.8, 4) is 0 Å². The van der Waals surface area contributed by atoms with Gasteiger partial charge in [0.2, 0.25) is 0 Å². The zero-order valence-electron chi connectivity index (χ0n) is 18.3. The quantitative estimate of drug-likeness (QED) is 0.490. The van der Waals surface area contributed by atoms with Crippen LogP contribution in [0.1, 0.15) is 47.2 Å². The molecule has 1 aliphatic carbocycles. The number of amidine groups is 1. The molecule has 2 aliphatic rings. The summed E-state index contributed by atoms with van der Waals surface area (Å²) in [5, 5.41) is 7.00. The smallest absolute Gasteiger partial charge is 0.370 e. The molecule has 34 heavy (non-hydrogen) atoms. The molecular formula is C25H24Cl2F3N3O. The molecule has 0 aromatic heterocycles. The van der Waals surface area contributed by atoms with Gasteiger partial charge in [0.05, 0.1) is 22.7 Å². The number of benzene rings is 2. The third kappa shape index (κ3) is 5.94. The van der Waals surface area contributed by atoms with E-state index >= 15 is 0 Å². The monoisotopic (exact) mass is 509 g/mol. The highest BCUT2D eigenvalue weighted by Crippen LogP contribution is 2.32. The van der Waals surface area contributed by atoms with Crippen LogP contribution in [0.4, 0.5) is 13.2 Å². The zero-order chi connectivity index (χ0) is 24.3. The maximum absolute atomic E-state index is 13.0. The highest BCUT2D eigenvalue weighted by atomic mass is 35.5. The van der Waals surface area contributed by atoms with E-state index in [1.54, 1.807) is 0 Å². The first-order chi connectivity index (χ1) is 16.2. The van der Waals surface area contributed by atoms with Crippen LogP contribution in [0.2, 0.25) is 10.0 Å². The third-order valence-electron chi connectivity index (χ3n) is 6.23. The molecule has 2 aromatic carbocycles. The molecule has 0 spiro atoms. The fourth-order valence-corrected chi connectivity index (χ4v) is 4.67. The summed E-state index contributed by atoms with van der Waals surface area (Å²) < 4.78 is 39.0. The van der Waals surface area contributed by atoms with Crippen molar-refractivity contribution in [2.45, 2.75) is 37.9 Å². The van der Waals surface area contributed by atoms with Crippen molar-refractivity contribution in [2.75, 3.05) is 13.1 Å². The summed E-state index contributed by atoms with van der Waals surface area (Å²) in [7, 11) is 0. The predicted molar refractivity (Wildman–Crippen MR) is 129 cm³/mol. The van der Waals surface area contributed by atoms with Crippen LogP contribution >= 0.6 is 23.2 Å². The molecule has 2 aromatic rings. The molecule has 1 aliphatic heterocycles. The number of carbonyl (C=O) groups excluding carboxylic acids is 1. The van der Waals surface area contributed by atoms with Crippen molar-refractivity contribution in [1.29, 1.82) is 0 Å². The minimum absolute atomic E-state index is 0.00488. The normalized spacial score (nSPS) is 20.5. The molecule has 1 heterocycles. The summed E-state index contributed by atoms with van der Waals surface area (Å²) in [5.41, 5.74) is 1.09. The first-order valence-corrected chi connectivity index (χ1v) is 11.9. The number of hydrogen-bond acceptors (Lipinski definition) is 3. The number of carbonyl (C=O) groups is 1. The molecular weight excluding hydrogens is 486 g/mol. The van der Waals surface area contributed by atoms with Crippen LogP contribution in [0.3, 0.4) is 0 Å². The molecule has 0 radical (unpaired) electrons. The Hall–Kier alpha value is -2.51. The second kappa shape index (κ2) is 10.4. The molecule has 0 unspecified atom stereocenters. The Bertz CT molecular complexity index is 1110. The lowest BCUT2D eigenvalue weighted by Gasteiger charge is -2.29. The van der Waals surface area contributed by atoms with Crippen LogP contribution in [-0.2, 0) is 6.18 Å². The van der Waals surface area contributed by atoms with E-state index in [0.717, 1.165) is 67.4 Å². The number of halogens is 5. The van der Waals surface area contributed by atoms with E-state index in [9.17, 15) is 18.0 Å². The van der Waals surface area contributed by atoms with Gasteiger partial charge in [0.15, 0.2) is 0 Å². The van der Waals surface area contributed by atoms with E-state index in [0.29, 0.717) is 17.5 Å². The summed E-state index contributed by atoms with van der Waals surface area (Å²) in [6, 6.07) is 10.4. The second-order valence-corrected chi connectivity index (χ2v) is 9.42. The van der Waals surface area contributed by atoms with Crippen LogP contribution in [0, 0.1) is 5.92 Å². The highest BCUT2D eigenvalue weighted by Gasteiger charge is 2.32. The fourth-order valence-electron chi connectivity index (χ4n) is 4.34. The molecule has 2 N–H and O–H groups in total. The molecule has 0 bridgehead atoms. The first-order valence-electron chi connectivity index (χ1n) is 11.1. The molecule has 180 valence electrons. The Balaban J connectivity index is 1.27. The first kappa shape index (κ1) is 24.6. The average Bonchev–Trinajstić information content (AvgIpc) is 3.27. The van der Waals surface area contributed by atoms with Gasteiger partial charge in [-0.15, -0.1) is 0 Å². The Morgan fingerprint density at radius 1 is 1.03 bits per heavy atom. The van der Waals surface area contributed by atoms with Gasteiger partial charge >= 0.3 is 6.18 Å². The lowest BCUT2D eigenvalue weighted by atomic mass is 9.85. The average molecular weight is 510 g/mol. The van der Waals surface area contributed by atoms with Crippen LogP contribution in [0.25, 0.3) is 5.57 Å². The third-order valence-corrected chi connectivity index (χ3v) is 6.82. The molecule has 4 rings (SSSR count). The van der Waals surface area contributed by atoms with Crippen molar-refractivity contribution in [1.82, 2.24) is 10.6 Å². The standard InChI is InChI=1S/C25H24Cl2F3N3O/c26-18-6-3-16(4-7-18)20-11-12-31-23(20)32-14-15-1-8-19(9-2-15)33-24(34)21-13-17(25(28,29)30)5-10-22(21)27/h3-7,10-11,13,15,19H,1-2,8-9,12,14H2,(H,31,32)(H,33,34). The number of rotatable bonds is 5. The summed E-state index contributed by atoms with van der Waals surface area (Å²) in [6.07, 6.45) is 0.832. The molecule has 9 heteroatoms. The van der Waals surface area contributed by atoms with Crippen molar-refractivity contribution >= 4 is 40.5 Å². The summed E-state index contributed by atoms with van der Waals surface area (Å²) in [6.45, 7) is 1.40. The molecule has 1 amide bonds. The van der Waals surface area contributed by atoms with E-state index in [2.05, 4.69) is 21.7 Å². The van der Waals surface area contributed by atoms with E-state index < -0.39 is 17.6 Å². The highest BCUT2D eigenvalue weighted by molar-refractivity contribution is 6.34. The van der Waals surface area contributed by atoms with Gasteiger partial charge in [0.1, 0.15) is 5.84 Å². The van der Waals surface area contributed by atoms with Crippen molar-refractivity contribution in [2.24, 2.45) is 10.9 Å². The van der Waals surface area contributed by atoms with E-state index in [4.69, 9.17) is 23.2 Å². The Morgan fingerprint density at radius 3 is 2.41 bits per heavy atom. The molecule has 0 atom stereocenters. The van der Waals surface area contributed by atoms with Crippen LogP contribution < -0.4 is 10.6 Å². The maximum atomic E-state index is 13.0. The Morgan fingerprint density at radius 2 is 1.74 bits per heavy atom. The molecule has 4 nitrogen and oxygen atoms in total. The summed E-state index contributed by atoms with van der Waals surface area (Å²) in [5.74, 6) is 0.715. The minimum atomic E-state index is -4.53. The largest absolute Gasteiger partial charge is 0.416 e. The number of hydrogen-bond donors (Lipinski definition) is 2. The number of amides is 1. The van der Waals surface area contributed by atoms with E-state index in [-0.39, 0.29) is 16.6 Å². The number of aliphatic imine (C=N–C) groups is 1. The van der Waals surface area contributed by atoms with Gasteiger partial charge in [-0.25, -0.2) is 0 Å². The Kier molecular flexibility index (Phi) is 7.53. The van der Waals surface area contributed by atoms with Gasteiger partial charge < -0.3 is 10.6 Å². The maximum Gasteiger partial charge on any atom is 0.416 e. The van der Waals surface area contributed by atoms with E-state index in [1.807, 2.05) is 24.3 Å². The molecule has 1 fully saturated rings. The van der Waals surface area contributed by atoms with Crippen molar-refractivity contribution in [3.05, 3.63) is 75.3 Å². The predicted octanol–water partition coefficient (Wildman–Crippen LogP) is 6.39. The lowest BCUT2D eigenvalue weighted by molar-refractivity contribution is -0.137. The number of alkyl halides is 3. The van der Waals surface area contributed by atoms with Crippen LogP contribution in [0.5, 0.6) is 0 Å². The minimum Gasteiger partial charge on any atom is -0.370 e. The summed E-state index contributed by atoms with van der Waals surface area (Å²) >= 11 is 12.0. The van der Waals surface area contributed by atoms with Gasteiger partial charge in [0.25, 0.3) is 5.91 Å². The van der Waals surface area contributed by atoms with Gasteiger partial charge in [-0.1, -0.05) is 41.4 Å². The molecule has 1 saturated carbocycles. The zero-order valence-corrected chi connectivity index (χ0v) is 19.8. The topological polar surface area (TPSA) is 53.5 Å². The van der Waals surface area contributed by atoms with Gasteiger partial charge in [-0.2, -0.15) is 13.2 Å². The summed E-state index contributed by atoms with van der Waals surface area (Å²) in [4.78, 5) is 17.1. The lowest BCUT2D eigenvalue weighted by Crippen LogP contribution is -2.40. The van der Waals surface area contributed by atoms with Gasteiger partial charge in [-0.3, -0.25) is 9.79 Å². The fraction of sp³-hybridized carbons (Fsp3) is 0.360.